The molecule has 1 unspecified atom stereocenters. The topological polar surface area (TPSA) is 142 Å². The normalized spacial score (nSPS) is 39.5. The van der Waals surface area contributed by atoms with Crippen LogP contribution >= 0.6 is 0 Å². The Morgan fingerprint density at radius 2 is 1.10 bits per heavy atom. The SMILES string of the molecule is CC[C@@H](O)CC([C@@H](C)[C@H]1CC[C@H]2[C@@H]3CC=C4C[C@](O)(CC)CC[C@@H]4[C@H]3CC[C@]12C)S(=O)(=O)c1ccccc1.CC[C@@H]1CO1.CC[C@]1(O)CC[C@H]2C(=CC[C@@H]3[C@@H]2CC[C@]2(C)[C@@H]([C@H](C)CCS(=O)(=O)c4ccccc4)CC[C@@H]32)C1. The van der Waals surface area contributed by atoms with Gasteiger partial charge in [0.25, 0.3) is 0 Å². The first kappa shape index (κ1) is 59.3. The number of hydrogen-bond donors (Lipinski definition) is 3. The van der Waals surface area contributed by atoms with Gasteiger partial charge in [-0.3, -0.25) is 0 Å². The first-order chi connectivity index (χ1) is 36.6. The average molecular weight is 1100 g/mol. The number of benzene rings is 2. The lowest BCUT2D eigenvalue weighted by Crippen LogP contribution is -2.49. The molecule has 7 fully saturated rings. The van der Waals surface area contributed by atoms with Crippen molar-refractivity contribution in [2.24, 2.45) is 81.8 Å². The smallest absolute Gasteiger partial charge is 0.181 e. The number of epoxide rings is 1. The molecule has 11 rings (SSSR count). The highest BCUT2D eigenvalue weighted by Gasteiger charge is 2.60. The van der Waals surface area contributed by atoms with Crippen LogP contribution in [0.15, 0.2) is 93.8 Å². The summed E-state index contributed by atoms with van der Waals surface area (Å²) in [5.74, 6) is 7.39. The van der Waals surface area contributed by atoms with Crippen LogP contribution in [-0.4, -0.2) is 73.2 Å². The van der Waals surface area contributed by atoms with Crippen molar-refractivity contribution < 1.29 is 36.9 Å². The van der Waals surface area contributed by atoms with Gasteiger partial charge in [0.15, 0.2) is 19.7 Å². The highest BCUT2D eigenvalue weighted by Crippen LogP contribution is 2.67. The minimum absolute atomic E-state index is 0.00288. The van der Waals surface area contributed by atoms with Gasteiger partial charge < -0.3 is 20.1 Å². The van der Waals surface area contributed by atoms with Gasteiger partial charge in [-0.1, -0.05) is 115 Å². The predicted molar refractivity (Wildman–Crippen MR) is 311 cm³/mol. The van der Waals surface area contributed by atoms with E-state index < -0.39 is 42.2 Å². The highest BCUT2D eigenvalue weighted by atomic mass is 32.2. The van der Waals surface area contributed by atoms with Crippen molar-refractivity contribution in [1.82, 2.24) is 0 Å². The number of allylic oxidation sites excluding steroid dienone is 2. The first-order valence-corrected chi connectivity index (χ1v) is 34.5. The van der Waals surface area contributed by atoms with E-state index in [0.29, 0.717) is 81.5 Å². The summed E-state index contributed by atoms with van der Waals surface area (Å²) in [6, 6.07) is 17.9. The van der Waals surface area contributed by atoms with Crippen molar-refractivity contribution in [2.75, 3.05) is 12.4 Å². The van der Waals surface area contributed by atoms with Crippen molar-refractivity contribution in [2.45, 2.75) is 235 Å². The number of sulfone groups is 2. The molecule has 1 aliphatic heterocycles. The zero-order valence-electron chi connectivity index (χ0n) is 48.8. The van der Waals surface area contributed by atoms with Gasteiger partial charge in [-0.25, -0.2) is 16.8 Å². The number of ether oxygens (including phenoxy) is 1. The number of fused-ring (bicyclic) bond motifs is 10. The first-order valence-electron chi connectivity index (χ1n) is 31.3. The molecule has 9 aliphatic rings. The molecule has 2 aromatic rings. The van der Waals surface area contributed by atoms with E-state index in [1.165, 1.54) is 63.4 Å². The predicted octanol–water partition coefficient (Wildman–Crippen LogP) is 14.6. The summed E-state index contributed by atoms with van der Waals surface area (Å²) in [6.07, 6.45) is 27.7. The fourth-order valence-electron chi connectivity index (χ4n) is 18.9. The van der Waals surface area contributed by atoms with Crippen LogP contribution in [0.5, 0.6) is 0 Å². The van der Waals surface area contributed by atoms with Gasteiger partial charge in [0.05, 0.1) is 50.8 Å². The molecule has 0 radical (unpaired) electrons. The molecule has 6 saturated carbocycles. The third kappa shape index (κ3) is 12.1. The van der Waals surface area contributed by atoms with Gasteiger partial charge >= 0.3 is 0 Å². The second kappa shape index (κ2) is 23.9. The number of aliphatic hydroxyl groups excluding tert-OH is 1. The van der Waals surface area contributed by atoms with Gasteiger partial charge in [-0.15, -0.1) is 0 Å². The van der Waals surface area contributed by atoms with Gasteiger partial charge in [0.1, 0.15) is 0 Å². The van der Waals surface area contributed by atoms with Crippen LogP contribution in [0.3, 0.4) is 0 Å². The van der Waals surface area contributed by atoms with E-state index in [1.54, 1.807) is 42.0 Å². The summed E-state index contributed by atoms with van der Waals surface area (Å²) in [4.78, 5) is 0.850. The van der Waals surface area contributed by atoms with Crippen LogP contribution in [0.2, 0.25) is 0 Å². The molecular weight excluding hydrogens is 997 g/mol. The fraction of sp³-hybridized carbons (Fsp3) is 0.761. The maximum Gasteiger partial charge on any atom is 0.181 e. The minimum Gasteiger partial charge on any atom is -0.393 e. The summed E-state index contributed by atoms with van der Waals surface area (Å²) in [6.45, 7) is 18.8. The Labute approximate surface area is 467 Å². The lowest BCUT2D eigenvalue weighted by atomic mass is 9.50. The molecule has 1 saturated heterocycles. The second-order valence-corrected chi connectivity index (χ2v) is 31.7. The van der Waals surface area contributed by atoms with E-state index in [2.05, 4.69) is 60.6 Å². The molecule has 2 aromatic carbocycles. The molecule has 19 atom stereocenters. The molecule has 0 aromatic heterocycles. The van der Waals surface area contributed by atoms with Crippen molar-refractivity contribution >= 4 is 19.7 Å². The zero-order chi connectivity index (χ0) is 55.1. The number of rotatable bonds is 15. The molecule has 77 heavy (non-hydrogen) atoms. The monoisotopic (exact) mass is 1100 g/mol. The molecule has 8 aliphatic carbocycles. The highest BCUT2D eigenvalue weighted by molar-refractivity contribution is 7.92. The lowest BCUT2D eigenvalue weighted by Gasteiger charge is -2.55. The van der Waals surface area contributed by atoms with E-state index >= 15 is 0 Å². The molecule has 8 nitrogen and oxygen atoms in total. The Kier molecular flexibility index (Phi) is 18.4. The zero-order valence-corrected chi connectivity index (χ0v) is 50.4. The molecule has 0 spiro atoms. The molecule has 10 heteroatoms. The van der Waals surface area contributed by atoms with Gasteiger partial charge in [-0.05, 0) is 247 Å². The van der Waals surface area contributed by atoms with E-state index in [0.717, 1.165) is 95.0 Å². The number of hydrogen-bond acceptors (Lipinski definition) is 8. The van der Waals surface area contributed by atoms with Crippen LogP contribution in [0.1, 0.15) is 197 Å². The summed E-state index contributed by atoms with van der Waals surface area (Å²) in [7, 11) is -6.76. The van der Waals surface area contributed by atoms with E-state index in [9.17, 15) is 32.2 Å². The average Bonchev–Trinajstić information content (AvgIpc) is 4.21. The quantitative estimate of drug-likeness (QED) is 0.118. The number of aliphatic hydroxyl groups is 3. The maximum absolute atomic E-state index is 14.0. The summed E-state index contributed by atoms with van der Waals surface area (Å²) < 4.78 is 58.6. The Bertz CT molecular complexity index is 2580. The minimum atomic E-state index is -3.55. The van der Waals surface area contributed by atoms with E-state index in [1.807, 2.05) is 31.2 Å². The summed E-state index contributed by atoms with van der Waals surface area (Å²) in [5, 5.41) is 32.0. The standard InChI is InChI=1S/C33H50O4S.C30H44O3S.C4H8O/c1-5-24(34)20-31(38(36,37)25-10-8-7-9-11-25)22(3)29-14-15-30-28-13-12-23-21-33(35,6-2)19-17-26(23)27(28)16-18-32(29,30)4;1-4-30(31)18-15-24-22(20-30)10-11-26-25(24)14-17-29(3)27(12-13-28(26)29)21(2)16-19-34(32,33)23-8-6-5-7-9-23;1-2-4-3-5-4/h7-12,22,24,26-31,34-35H,5-6,13-21H2,1-4H3;5-10,21,24-28,31H,4,11-20H2,1-3H3;4H,2-3H2,1H3/t22-,24+,26-,27+,28+,29+,30-,31?,32+,33-;21-,24+,25-,26-,27-,28+,29-,30+;4-/m011/s1. The Balaban J connectivity index is 0.000000173. The van der Waals surface area contributed by atoms with E-state index in [4.69, 9.17) is 4.74 Å². The third-order valence-electron chi connectivity index (χ3n) is 23.8. The molecule has 430 valence electrons. The molecular formula is C67H102O8S2. The fourth-order valence-corrected chi connectivity index (χ4v) is 22.5. The van der Waals surface area contributed by atoms with Gasteiger partial charge in [0, 0.05) is 0 Å². The Hall–Kier alpha value is -2.34. The van der Waals surface area contributed by atoms with E-state index in [-0.39, 0.29) is 17.1 Å². The van der Waals surface area contributed by atoms with Crippen LogP contribution in [-0.2, 0) is 24.4 Å². The molecule has 1 heterocycles. The molecule has 3 N–H and O–H groups in total. The molecule has 0 bridgehead atoms. The maximum atomic E-state index is 14.0. The third-order valence-corrected chi connectivity index (χ3v) is 27.9. The Morgan fingerprint density at radius 1 is 0.623 bits per heavy atom. The van der Waals surface area contributed by atoms with Gasteiger partial charge in [0.2, 0.25) is 0 Å². The molecule has 0 amide bonds. The van der Waals surface area contributed by atoms with Crippen molar-refractivity contribution in [1.29, 1.82) is 0 Å². The summed E-state index contributed by atoms with van der Waals surface area (Å²) >= 11 is 0. The van der Waals surface area contributed by atoms with Crippen molar-refractivity contribution in [3.8, 4) is 0 Å². The van der Waals surface area contributed by atoms with Crippen LogP contribution in [0.4, 0.5) is 0 Å². The summed E-state index contributed by atoms with van der Waals surface area (Å²) in [5.41, 5.74) is 2.61. The largest absolute Gasteiger partial charge is 0.393 e. The Morgan fingerprint density at radius 3 is 1.56 bits per heavy atom. The van der Waals surface area contributed by atoms with Crippen LogP contribution in [0.25, 0.3) is 0 Å². The van der Waals surface area contributed by atoms with Crippen molar-refractivity contribution in [3.63, 3.8) is 0 Å². The van der Waals surface area contributed by atoms with Crippen LogP contribution in [0, 0.1) is 81.8 Å². The van der Waals surface area contributed by atoms with Gasteiger partial charge in [-0.2, -0.15) is 0 Å². The van der Waals surface area contributed by atoms with Crippen LogP contribution < -0.4 is 0 Å². The van der Waals surface area contributed by atoms with Crippen molar-refractivity contribution in [3.05, 3.63) is 84.0 Å². The second-order valence-electron chi connectivity index (χ2n) is 27.5. The lowest BCUT2D eigenvalue weighted by molar-refractivity contribution is -0.0462.